The highest BCUT2D eigenvalue weighted by atomic mass is 16.2. The van der Waals surface area contributed by atoms with Gasteiger partial charge in [-0.1, -0.05) is 25.1 Å². The number of nitrogens with zero attached hydrogens (tertiary/aromatic N) is 1. The van der Waals surface area contributed by atoms with Crippen LogP contribution in [0, 0.1) is 5.92 Å². The molecule has 0 aliphatic heterocycles. The third-order valence-corrected chi connectivity index (χ3v) is 4.50. The summed E-state index contributed by atoms with van der Waals surface area (Å²) in [5.41, 5.74) is 5.44. The molecule has 1 fully saturated rings. The van der Waals surface area contributed by atoms with Crippen LogP contribution in [0.3, 0.4) is 0 Å². The zero-order valence-corrected chi connectivity index (χ0v) is 14.9. The van der Waals surface area contributed by atoms with E-state index >= 15 is 0 Å². The monoisotopic (exact) mass is 349 g/mol. The first-order valence-corrected chi connectivity index (χ1v) is 8.94. The highest BCUT2D eigenvalue weighted by Gasteiger charge is 2.14. The number of anilines is 1. The number of hydrazone groups is 1. The molecule has 1 aliphatic carbocycles. The van der Waals surface area contributed by atoms with Crippen LogP contribution in [0.4, 0.5) is 5.69 Å². The molecule has 0 saturated heterocycles. The second-order valence-electron chi connectivity index (χ2n) is 6.72. The van der Waals surface area contributed by atoms with Crippen molar-refractivity contribution in [3.05, 3.63) is 65.7 Å². The van der Waals surface area contributed by atoms with Crippen LogP contribution in [-0.4, -0.2) is 17.5 Å². The predicted octanol–water partition coefficient (Wildman–Crippen LogP) is 4.23. The van der Waals surface area contributed by atoms with E-state index in [0.717, 1.165) is 25.0 Å². The molecule has 2 amide bonds. The number of hydrogen-bond donors (Lipinski definition) is 2. The van der Waals surface area contributed by atoms with Gasteiger partial charge >= 0.3 is 0 Å². The van der Waals surface area contributed by atoms with E-state index in [1.807, 2.05) is 18.2 Å². The van der Waals surface area contributed by atoms with Gasteiger partial charge in [-0.2, -0.15) is 5.10 Å². The highest BCUT2D eigenvalue weighted by Crippen LogP contribution is 2.21. The molecule has 1 atom stereocenters. The van der Waals surface area contributed by atoms with E-state index in [1.54, 1.807) is 36.4 Å². The minimum atomic E-state index is -0.239. The molecule has 5 nitrogen and oxygen atoms in total. The Balaban J connectivity index is 1.57. The van der Waals surface area contributed by atoms with Crippen molar-refractivity contribution in [2.45, 2.75) is 32.6 Å². The van der Waals surface area contributed by atoms with Crippen LogP contribution >= 0.6 is 0 Å². The number of carbonyl (C=O) groups excluding carboxylic acids is 2. The van der Waals surface area contributed by atoms with Crippen molar-refractivity contribution in [1.29, 1.82) is 0 Å². The maximum absolute atomic E-state index is 12.2. The minimum absolute atomic E-state index is 0.180. The summed E-state index contributed by atoms with van der Waals surface area (Å²) in [7, 11) is 0. The average Bonchev–Trinajstić information content (AvgIpc) is 2.67. The smallest absolute Gasteiger partial charge is 0.271 e. The highest BCUT2D eigenvalue weighted by molar-refractivity contribution is 6.04. The van der Waals surface area contributed by atoms with Gasteiger partial charge in [-0.05, 0) is 68.0 Å². The molecular formula is C21H23N3O2. The molecule has 2 aromatic rings. The van der Waals surface area contributed by atoms with E-state index in [-0.39, 0.29) is 11.8 Å². The second kappa shape index (κ2) is 8.43. The van der Waals surface area contributed by atoms with Gasteiger partial charge in [0.05, 0.1) is 0 Å². The third kappa shape index (κ3) is 4.79. The summed E-state index contributed by atoms with van der Waals surface area (Å²) in [5.74, 6) is 0.212. The van der Waals surface area contributed by atoms with E-state index in [2.05, 4.69) is 22.8 Å². The lowest BCUT2D eigenvalue weighted by Gasteiger charge is -2.18. The van der Waals surface area contributed by atoms with Crippen molar-refractivity contribution in [3.8, 4) is 0 Å². The summed E-state index contributed by atoms with van der Waals surface area (Å²) >= 11 is 0. The Hall–Kier alpha value is -2.95. The first-order chi connectivity index (χ1) is 12.6. The minimum Gasteiger partial charge on any atom is -0.322 e. The first-order valence-electron chi connectivity index (χ1n) is 8.94. The van der Waals surface area contributed by atoms with Gasteiger partial charge in [0.1, 0.15) is 0 Å². The van der Waals surface area contributed by atoms with Crippen molar-refractivity contribution < 1.29 is 9.59 Å². The Labute approximate surface area is 153 Å². The fraction of sp³-hybridized carbons (Fsp3) is 0.286. The van der Waals surface area contributed by atoms with Gasteiger partial charge in [0.2, 0.25) is 0 Å². The molecule has 0 aromatic heterocycles. The Bertz CT molecular complexity index is 798. The molecule has 134 valence electrons. The average molecular weight is 349 g/mol. The summed E-state index contributed by atoms with van der Waals surface area (Å²) in [6, 6.07) is 15.8. The maximum Gasteiger partial charge on any atom is 0.271 e. The van der Waals surface area contributed by atoms with Gasteiger partial charge in [-0.3, -0.25) is 9.59 Å². The van der Waals surface area contributed by atoms with Crippen molar-refractivity contribution in [2.75, 3.05) is 5.32 Å². The quantitative estimate of drug-likeness (QED) is 0.811. The zero-order valence-electron chi connectivity index (χ0n) is 14.9. The Kier molecular flexibility index (Phi) is 5.79. The molecule has 0 radical (unpaired) electrons. The van der Waals surface area contributed by atoms with Crippen LogP contribution in [-0.2, 0) is 0 Å². The second-order valence-corrected chi connectivity index (χ2v) is 6.72. The number of nitrogens with one attached hydrogen (secondary N) is 2. The first kappa shape index (κ1) is 17.9. The fourth-order valence-corrected chi connectivity index (χ4v) is 3.05. The van der Waals surface area contributed by atoms with Crippen LogP contribution in [0.5, 0.6) is 0 Å². The normalized spacial score (nSPS) is 18.3. The molecule has 2 aromatic carbocycles. The Morgan fingerprint density at radius 2 is 1.65 bits per heavy atom. The summed E-state index contributed by atoms with van der Waals surface area (Å²) in [5, 5.41) is 7.08. The molecule has 0 heterocycles. The van der Waals surface area contributed by atoms with Gasteiger partial charge in [0, 0.05) is 22.5 Å². The largest absolute Gasteiger partial charge is 0.322 e. The van der Waals surface area contributed by atoms with Crippen LogP contribution < -0.4 is 10.7 Å². The van der Waals surface area contributed by atoms with E-state index in [4.69, 9.17) is 0 Å². The predicted molar refractivity (Wildman–Crippen MR) is 103 cm³/mol. The van der Waals surface area contributed by atoms with Crippen molar-refractivity contribution in [1.82, 2.24) is 5.43 Å². The van der Waals surface area contributed by atoms with Crippen molar-refractivity contribution in [2.24, 2.45) is 11.0 Å². The molecule has 5 heteroatoms. The number of amides is 2. The molecule has 1 unspecified atom stereocenters. The molecule has 1 aliphatic rings. The Morgan fingerprint density at radius 3 is 2.35 bits per heavy atom. The van der Waals surface area contributed by atoms with Crippen molar-refractivity contribution in [3.63, 3.8) is 0 Å². The number of rotatable bonds is 4. The van der Waals surface area contributed by atoms with Crippen LogP contribution in [0.2, 0.25) is 0 Å². The fourth-order valence-electron chi connectivity index (χ4n) is 3.05. The van der Waals surface area contributed by atoms with Gasteiger partial charge in [0.25, 0.3) is 11.8 Å². The lowest BCUT2D eigenvalue weighted by Crippen LogP contribution is -2.22. The molecule has 26 heavy (non-hydrogen) atoms. The molecule has 3 rings (SSSR count). The van der Waals surface area contributed by atoms with Gasteiger partial charge in [0.15, 0.2) is 0 Å². The zero-order chi connectivity index (χ0) is 18.4. The summed E-state index contributed by atoms with van der Waals surface area (Å²) in [6.45, 7) is 2.21. The van der Waals surface area contributed by atoms with E-state index < -0.39 is 0 Å². The molecule has 0 spiro atoms. The third-order valence-electron chi connectivity index (χ3n) is 4.50. The summed E-state index contributed by atoms with van der Waals surface area (Å²) < 4.78 is 0. The van der Waals surface area contributed by atoms with Crippen molar-refractivity contribution >= 4 is 23.2 Å². The maximum atomic E-state index is 12.2. The number of hydrogen-bond acceptors (Lipinski definition) is 3. The summed E-state index contributed by atoms with van der Waals surface area (Å²) in [4.78, 5) is 24.3. The van der Waals surface area contributed by atoms with Gasteiger partial charge < -0.3 is 5.32 Å². The number of carbonyl (C=O) groups is 2. The standard InChI is InChI=1S/C21H23N3O2/c1-15-6-5-9-19(14-15)23-24-21(26)17-10-12-18(13-11-17)22-20(25)16-7-3-2-4-8-16/h2-4,7-8,10-13,15H,5-6,9,14H2,1H3,(H,22,25)(H,24,26). The lowest BCUT2D eigenvalue weighted by molar-refractivity contribution is 0.0954. The van der Waals surface area contributed by atoms with E-state index in [1.165, 1.54) is 6.42 Å². The lowest BCUT2D eigenvalue weighted by atomic mass is 9.89. The SMILES string of the molecule is CC1CCCC(=NNC(=O)c2ccc(NC(=O)c3ccccc3)cc2)C1. The van der Waals surface area contributed by atoms with E-state index in [9.17, 15) is 9.59 Å². The Morgan fingerprint density at radius 1 is 0.962 bits per heavy atom. The molecule has 2 N–H and O–H groups in total. The van der Waals surface area contributed by atoms with Crippen LogP contribution in [0.1, 0.15) is 53.3 Å². The van der Waals surface area contributed by atoms with Gasteiger partial charge in [-0.25, -0.2) is 5.43 Å². The van der Waals surface area contributed by atoms with Gasteiger partial charge in [-0.15, -0.1) is 0 Å². The summed E-state index contributed by atoms with van der Waals surface area (Å²) in [6.07, 6.45) is 4.26. The van der Waals surface area contributed by atoms with Crippen LogP contribution in [0.25, 0.3) is 0 Å². The molecular weight excluding hydrogens is 326 g/mol. The van der Waals surface area contributed by atoms with Crippen LogP contribution in [0.15, 0.2) is 59.7 Å². The topological polar surface area (TPSA) is 70.6 Å². The van der Waals surface area contributed by atoms with E-state index in [0.29, 0.717) is 22.7 Å². The molecule has 1 saturated carbocycles. The number of benzene rings is 2. The molecule has 0 bridgehead atoms.